The fourth-order valence-corrected chi connectivity index (χ4v) is 0.340. The first kappa shape index (κ1) is 13.2. The van der Waals surface area contributed by atoms with Crippen LogP contribution in [0.15, 0.2) is 18.2 Å². The third kappa shape index (κ3) is 12.7. The summed E-state index contributed by atoms with van der Waals surface area (Å²) in [5.74, 6) is 0. The maximum absolute atomic E-state index is 2.99. The summed E-state index contributed by atoms with van der Waals surface area (Å²) in [5, 5.41) is 0. The third-order valence-corrected chi connectivity index (χ3v) is 0.586. The van der Waals surface area contributed by atoms with Crippen molar-refractivity contribution in [1.29, 1.82) is 0 Å². The average molecular weight is 524 g/mol. The number of allylic oxidation sites excluding steroid dienone is 4. The van der Waals surface area contributed by atoms with Gasteiger partial charge in [0.25, 0.3) is 0 Å². The van der Waals surface area contributed by atoms with Crippen molar-refractivity contribution in [1.82, 2.24) is 0 Å². The third-order valence-electron chi connectivity index (χ3n) is 0.586. The Kier molecular flexibility index (Phi) is 18.0. The van der Waals surface area contributed by atoms with Crippen LogP contribution in [0.5, 0.6) is 0 Å². The van der Waals surface area contributed by atoms with E-state index in [1.54, 1.807) is 0 Å². The molecule has 3 heteroatoms. The fraction of sp³-hybridized carbons (Fsp3) is 0.167. The summed E-state index contributed by atoms with van der Waals surface area (Å²) in [4.78, 5) is 0. The van der Waals surface area contributed by atoms with Crippen molar-refractivity contribution >= 4 is 39.3 Å². The zero-order valence-electron chi connectivity index (χ0n) is 5.05. The summed E-state index contributed by atoms with van der Waals surface area (Å²) in [6.07, 6.45) is 10.0. The fourth-order valence-electron chi connectivity index (χ4n) is 0.340. The zero-order valence-corrected chi connectivity index (χ0v) is 11.9. The molecular weight excluding hydrogens is 516 g/mol. The summed E-state index contributed by atoms with van der Waals surface area (Å²) in [7, 11) is 0.357. The molecule has 0 fully saturated rings. The van der Waals surface area contributed by atoms with Gasteiger partial charge in [0.15, 0.2) is 0 Å². The van der Waals surface area contributed by atoms with Crippen LogP contribution in [0.3, 0.4) is 0 Å². The summed E-state index contributed by atoms with van der Waals surface area (Å²) in [6, 6.07) is 0. The molecule has 0 amide bonds. The van der Waals surface area contributed by atoms with E-state index in [0.717, 1.165) is 6.42 Å². The Labute approximate surface area is 86.6 Å². The van der Waals surface area contributed by atoms with Crippen LogP contribution in [0.1, 0.15) is 6.42 Å². The van der Waals surface area contributed by atoms with E-state index in [1.807, 2.05) is 12.2 Å². The quantitative estimate of drug-likeness (QED) is 0.337. The molecule has 0 aromatic heterocycles. The normalized spacial score (nSPS) is 12.2. The van der Waals surface area contributed by atoms with Crippen molar-refractivity contribution in [3.05, 3.63) is 31.7 Å². The molecule has 0 aromatic rings. The first-order chi connectivity index (χ1) is 3.91. The Balaban J connectivity index is 0. The second-order valence-electron chi connectivity index (χ2n) is 1.05. The van der Waals surface area contributed by atoms with Gasteiger partial charge < -0.3 is 7.43 Å². The van der Waals surface area contributed by atoms with Gasteiger partial charge in [-0.3, -0.25) is 6.08 Å². The van der Waals surface area contributed by atoms with Gasteiger partial charge in [0.1, 0.15) is 0 Å². The molecule has 0 radical (unpaired) electrons. The number of rotatable bonds is 0. The van der Waals surface area contributed by atoms with Gasteiger partial charge in [0.05, 0.1) is 0 Å². The molecule has 0 nitrogen and oxygen atoms in total. The monoisotopic (exact) mass is 526 g/mol. The molecule has 0 unspecified atom stereocenters. The van der Waals surface area contributed by atoms with E-state index in [9.17, 15) is 0 Å². The Morgan fingerprint density at radius 1 is 1.44 bits per heavy atom. The second-order valence-corrected chi connectivity index (χ2v) is 19.6. The summed E-state index contributed by atoms with van der Waals surface area (Å²) in [6.45, 7) is 0. The number of hydrogen-bond acceptors (Lipinski definition) is 0. The van der Waals surface area contributed by atoms with Gasteiger partial charge in [-0.2, -0.15) is 6.08 Å². The summed E-state index contributed by atoms with van der Waals surface area (Å²) in [5.41, 5.74) is 0. The first-order valence-electron chi connectivity index (χ1n) is 1.98. The average Bonchev–Trinajstić information content (AvgIpc) is 2.17. The molecule has 0 aliphatic heterocycles. The van der Waals surface area contributed by atoms with Gasteiger partial charge in [-0.25, -0.2) is 12.2 Å². The van der Waals surface area contributed by atoms with Crippen LogP contribution in [0, 0.1) is 13.5 Å². The molecule has 0 spiro atoms. The molecule has 0 aromatic carbocycles. The van der Waals surface area contributed by atoms with E-state index in [4.69, 9.17) is 0 Å². The van der Waals surface area contributed by atoms with Gasteiger partial charge in [-0.05, 0) is 0 Å². The maximum atomic E-state index is 2.99. The molecular formula is C6H8I2Os-2. The van der Waals surface area contributed by atoms with E-state index in [1.165, 1.54) is 0 Å². The molecule has 0 heterocycles. The number of hydrogen-bond donors (Lipinski definition) is 0. The topological polar surface area (TPSA) is 0 Å². The van der Waals surface area contributed by atoms with Crippen LogP contribution in [-0.4, -0.2) is 0 Å². The van der Waals surface area contributed by atoms with Crippen molar-refractivity contribution < 1.29 is 10.3 Å². The van der Waals surface area contributed by atoms with Crippen LogP contribution >= 0.6 is 39.3 Å². The van der Waals surface area contributed by atoms with Crippen molar-refractivity contribution in [2.24, 2.45) is 0 Å². The van der Waals surface area contributed by atoms with E-state index >= 15 is 0 Å². The molecule has 0 N–H and O–H groups in total. The first-order valence-corrected chi connectivity index (χ1v) is 16.4. The Bertz CT molecular complexity index is 79.1. The van der Waals surface area contributed by atoms with Crippen LogP contribution in [0.4, 0.5) is 0 Å². The van der Waals surface area contributed by atoms with Gasteiger partial charge >= 0.3 is 49.7 Å². The Hall–Kier alpha value is 1.58. The molecule has 1 rings (SSSR count). The molecule has 0 bridgehead atoms. The van der Waals surface area contributed by atoms with Crippen LogP contribution in [0.25, 0.3) is 0 Å². The summed E-state index contributed by atoms with van der Waals surface area (Å²) < 4.78 is 0. The second kappa shape index (κ2) is 12.3. The van der Waals surface area contributed by atoms with Gasteiger partial charge in [0, 0.05) is 0 Å². The predicted octanol–water partition coefficient (Wildman–Crippen LogP) is 3.52. The number of halogens is 2. The predicted molar refractivity (Wildman–Crippen MR) is 56.0 cm³/mol. The standard InChI is InChI=1S/C5H5.CH3.2HI.Os/c1-2-4-5-3-1;;;;/h1-3H,4H2;1H3;2*1H;/q2*-1;;;+2/p-2. The van der Waals surface area contributed by atoms with Crippen LogP contribution in [-0.2, 0) is 10.3 Å². The summed E-state index contributed by atoms with van der Waals surface area (Å²) >= 11 is 4.83. The molecule has 1 aliphatic rings. The molecule has 56 valence electrons. The van der Waals surface area contributed by atoms with E-state index < -0.39 is 0 Å². The van der Waals surface area contributed by atoms with Crippen molar-refractivity contribution in [3.63, 3.8) is 0 Å². The van der Waals surface area contributed by atoms with Crippen molar-refractivity contribution in [3.8, 4) is 0 Å². The molecule has 0 atom stereocenters. The minimum absolute atomic E-state index is 0. The van der Waals surface area contributed by atoms with Gasteiger partial charge in [-0.1, -0.05) is 0 Å². The minimum atomic E-state index is 0. The van der Waals surface area contributed by atoms with E-state index in [2.05, 4.69) is 51.5 Å². The molecule has 0 saturated heterocycles. The van der Waals surface area contributed by atoms with E-state index in [0.29, 0.717) is 10.3 Å². The SMILES string of the molecule is [C-]1=CC=CC1.[CH3-].[I][Os][I]. The molecule has 1 aliphatic carbocycles. The molecule has 9 heavy (non-hydrogen) atoms. The van der Waals surface area contributed by atoms with Crippen molar-refractivity contribution in [2.75, 3.05) is 0 Å². The van der Waals surface area contributed by atoms with Crippen LogP contribution < -0.4 is 0 Å². The van der Waals surface area contributed by atoms with E-state index in [-0.39, 0.29) is 7.43 Å². The molecule has 0 saturated carbocycles. The Morgan fingerprint density at radius 3 is 2.11 bits per heavy atom. The zero-order chi connectivity index (χ0) is 6.24. The van der Waals surface area contributed by atoms with Crippen molar-refractivity contribution in [2.45, 2.75) is 6.42 Å². The van der Waals surface area contributed by atoms with Crippen LogP contribution in [0.2, 0.25) is 0 Å². The van der Waals surface area contributed by atoms with Gasteiger partial charge in [0.2, 0.25) is 0 Å². The van der Waals surface area contributed by atoms with Gasteiger partial charge in [-0.15, -0.1) is 6.42 Å². The Morgan fingerprint density at radius 2 is 2.00 bits per heavy atom.